The molecule has 0 spiro atoms. The summed E-state index contributed by atoms with van der Waals surface area (Å²) in [4.78, 5) is 31.0. The van der Waals surface area contributed by atoms with Gasteiger partial charge in [0.15, 0.2) is 11.4 Å². The van der Waals surface area contributed by atoms with Crippen molar-refractivity contribution >= 4 is 17.0 Å². The Morgan fingerprint density at radius 1 is 0.932 bits per heavy atom. The van der Waals surface area contributed by atoms with Gasteiger partial charge in [-0.05, 0) is 41.1 Å². The van der Waals surface area contributed by atoms with Gasteiger partial charge in [0.2, 0.25) is 5.89 Å². The molecule has 14 heteroatoms. The number of fused-ring (bicyclic) bond motifs is 1. The molecule has 1 saturated heterocycles. The molecule has 6 aromatic rings. The van der Waals surface area contributed by atoms with Crippen molar-refractivity contribution in [2.45, 2.75) is 12.6 Å². The molecule has 44 heavy (non-hydrogen) atoms. The van der Waals surface area contributed by atoms with Crippen molar-refractivity contribution < 1.29 is 18.0 Å². The number of pyridine rings is 1. The van der Waals surface area contributed by atoms with E-state index < -0.39 is 12.6 Å². The van der Waals surface area contributed by atoms with Crippen LogP contribution < -0.4 is 0 Å². The number of oxazole rings is 1. The van der Waals surface area contributed by atoms with Crippen molar-refractivity contribution in [3.8, 4) is 22.8 Å². The largest absolute Gasteiger partial charge is 0.436 e. The monoisotopic (exact) mass is 596 g/mol. The highest BCUT2D eigenvalue weighted by Crippen LogP contribution is 2.30. The summed E-state index contributed by atoms with van der Waals surface area (Å²) in [6, 6.07) is 18.1. The van der Waals surface area contributed by atoms with E-state index in [9.17, 15) is 13.6 Å². The summed E-state index contributed by atoms with van der Waals surface area (Å²) in [7, 11) is 1.93. The molecule has 222 valence electrons. The summed E-state index contributed by atoms with van der Waals surface area (Å²) in [5.41, 5.74) is 3.96. The Bertz CT molecular complexity index is 1930. The molecule has 0 radical (unpaired) electrons. The molecule has 12 nitrogen and oxygen atoms in total. The molecule has 4 aromatic heterocycles. The standard InChI is InChI=1S/C30H26F2N10O2/c1-39-12-11-34-27(39)20-7-8-22-24(18-20)44-28(35-22)21-9-10-33-23(17-21)29(43)41-15-13-40(14-16-41)25(19-5-3-2-4-6-19)26-36-38-42(37-26)30(31)32/h2-12,17-18,25,30H,13-16H2,1H3/t25-/m1/s1. The van der Waals surface area contributed by atoms with E-state index in [4.69, 9.17) is 4.42 Å². The smallest absolute Gasteiger partial charge is 0.350 e. The van der Waals surface area contributed by atoms with Crippen LogP contribution in [0.5, 0.6) is 0 Å². The van der Waals surface area contributed by atoms with Gasteiger partial charge < -0.3 is 13.9 Å². The van der Waals surface area contributed by atoms with Crippen LogP contribution in [0.15, 0.2) is 83.7 Å². The fourth-order valence-corrected chi connectivity index (χ4v) is 5.44. The SMILES string of the molecule is Cn1ccnc1-c1ccc2nc(-c3ccnc(C(=O)N4CCN([C@H](c5ccccc5)c5nnn(C(F)F)n5)CC4)c3)oc2c1. The van der Waals surface area contributed by atoms with Crippen LogP contribution in [0.2, 0.25) is 0 Å². The highest BCUT2D eigenvalue weighted by atomic mass is 19.3. The highest BCUT2D eigenvalue weighted by Gasteiger charge is 2.32. The van der Waals surface area contributed by atoms with Gasteiger partial charge in [-0.2, -0.15) is 8.78 Å². The van der Waals surface area contributed by atoms with Crippen molar-refractivity contribution in [1.29, 1.82) is 0 Å². The molecule has 0 bridgehead atoms. The van der Waals surface area contributed by atoms with E-state index >= 15 is 0 Å². The number of benzene rings is 2. The number of aromatic nitrogens is 8. The Labute approximate surface area is 249 Å². The Kier molecular flexibility index (Phi) is 7.10. The van der Waals surface area contributed by atoms with Gasteiger partial charge in [0.05, 0.1) is 6.04 Å². The third-order valence-electron chi connectivity index (χ3n) is 7.64. The summed E-state index contributed by atoms with van der Waals surface area (Å²) in [5, 5.41) is 11.4. The number of tetrazole rings is 1. The predicted molar refractivity (Wildman–Crippen MR) is 154 cm³/mol. The fourth-order valence-electron chi connectivity index (χ4n) is 5.44. The van der Waals surface area contributed by atoms with Crippen LogP contribution in [-0.2, 0) is 7.05 Å². The summed E-state index contributed by atoms with van der Waals surface area (Å²) >= 11 is 0. The van der Waals surface area contributed by atoms with Gasteiger partial charge >= 0.3 is 6.55 Å². The average Bonchev–Trinajstić information content (AvgIpc) is 3.82. The molecular formula is C30H26F2N10O2. The first-order valence-corrected chi connectivity index (χ1v) is 13.9. The van der Waals surface area contributed by atoms with Crippen molar-refractivity contribution in [2.75, 3.05) is 26.2 Å². The van der Waals surface area contributed by atoms with Gasteiger partial charge in [0.1, 0.15) is 17.0 Å². The lowest BCUT2D eigenvalue weighted by atomic mass is 10.0. The minimum atomic E-state index is -2.89. The predicted octanol–water partition coefficient (Wildman–Crippen LogP) is 4.22. The molecule has 2 aromatic carbocycles. The van der Waals surface area contributed by atoms with Crippen molar-refractivity contribution in [3.05, 3.63) is 96.3 Å². The highest BCUT2D eigenvalue weighted by molar-refractivity contribution is 5.93. The van der Waals surface area contributed by atoms with E-state index in [-0.39, 0.29) is 17.4 Å². The van der Waals surface area contributed by atoms with Crippen molar-refractivity contribution in [1.82, 2.24) is 49.5 Å². The number of amides is 1. The minimum Gasteiger partial charge on any atom is -0.436 e. The van der Waals surface area contributed by atoms with Gasteiger partial charge in [0.25, 0.3) is 5.91 Å². The topological polar surface area (TPSA) is 124 Å². The second-order valence-corrected chi connectivity index (χ2v) is 10.4. The summed E-state index contributed by atoms with van der Waals surface area (Å²) in [5.74, 6) is 1.15. The number of imidazole rings is 1. The second-order valence-electron chi connectivity index (χ2n) is 10.4. The van der Waals surface area contributed by atoms with Gasteiger partial charge in [0, 0.05) is 62.9 Å². The molecule has 0 unspecified atom stereocenters. The quantitative estimate of drug-likeness (QED) is 0.266. The molecular weight excluding hydrogens is 570 g/mol. The number of carbonyl (C=O) groups excluding carboxylic acids is 1. The number of piperazine rings is 1. The first kappa shape index (κ1) is 27.5. The van der Waals surface area contributed by atoms with Crippen LogP contribution in [-0.4, -0.2) is 81.6 Å². The maximum Gasteiger partial charge on any atom is 0.350 e. The lowest BCUT2D eigenvalue weighted by molar-refractivity contribution is 0.0385. The summed E-state index contributed by atoms with van der Waals surface area (Å²) in [6.07, 6.45) is 5.18. The molecule has 0 aliphatic carbocycles. The molecule has 5 heterocycles. The van der Waals surface area contributed by atoms with E-state index in [1.807, 2.05) is 66.3 Å². The number of hydrogen-bond acceptors (Lipinski definition) is 9. The van der Waals surface area contributed by atoms with Gasteiger partial charge in [-0.15, -0.1) is 10.2 Å². The lowest BCUT2D eigenvalue weighted by Crippen LogP contribution is -2.50. The van der Waals surface area contributed by atoms with Gasteiger partial charge in [-0.1, -0.05) is 35.1 Å². The Hall–Kier alpha value is -5.37. The number of aryl methyl sites for hydroxylation is 1. The maximum absolute atomic E-state index is 13.5. The van der Waals surface area contributed by atoms with Gasteiger partial charge in [-0.25, -0.2) is 9.97 Å². The molecule has 1 aliphatic rings. The second kappa shape index (κ2) is 11.4. The van der Waals surface area contributed by atoms with Crippen LogP contribution in [0.1, 0.15) is 34.5 Å². The van der Waals surface area contributed by atoms with Crippen molar-refractivity contribution in [3.63, 3.8) is 0 Å². The van der Waals surface area contributed by atoms with E-state index in [2.05, 4.69) is 35.3 Å². The number of halogens is 2. The first-order valence-electron chi connectivity index (χ1n) is 13.9. The number of carbonyl (C=O) groups is 1. The van der Waals surface area contributed by atoms with Crippen molar-refractivity contribution in [2.24, 2.45) is 7.05 Å². The Morgan fingerprint density at radius 3 is 2.48 bits per heavy atom. The average molecular weight is 597 g/mol. The Balaban J connectivity index is 1.08. The van der Waals surface area contributed by atoms with E-state index in [0.29, 0.717) is 53.5 Å². The van der Waals surface area contributed by atoms with Crippen LogP contribution in [0.3, 0.4) is 0 Å². The van der Waals surface area contributed by atoms with Crippen LogP contribution in [0.4, 0.5) is 8.78 Å². The summed E-state index contributed by atoms with van der Waals surface area (Å²) < 4.78 is 34.4. The van der Waals surface area contributed by atoms with E-state index in [0.717, 1.165) is 17.0 Å². The fraction of sp³-hybridized carbons (Fsp3) is 0.233. The zero-order valence-corrected chi connectivity index (χ0v) is 23.5. The molecule has 1 atom stereocenters. The molecule has 1 aliphatic heterocycles. The third kappa shape index (κ3) is 5.19. The molecule has 0 N–H and O–H groups in total. The zero-order chi connectivity index (χ0) is 30.2. The lowest BCUT2D eigenvalue weighted by Gasteiger charge is -2.38. The molecule has 1 fully saturated rings. The number of hydrogen-bond donors (Lipinski definition) is 0. The first-order chi connectivity index (χ1) is 21.4. The maximum atomic E-state index is 13.5. The third-order valence-corrected chi connectivity index (χ3v) is 7.64. The van der Waals surface area contributed by atoms with Crippen LogP contribution >= 0.6 is 0 Å². The number of nitrogens with zero attached hydrogens (tertiary/aromatic N) is 10. The molecule has 1 amide bonds. The minimum absolute atomic E-state index is 0.177. The van der Waals surface area contributed by atoms with E-state index in [1.165, 1.54) is 0 Å². The van der Waals surface area contributed by atoms with E-state index in [1.54, 1.807) is 29.4 Å². The van der Waals surface area contributed by atoms with Crippen LogP contribution in [0.25, 0.3) is 33.9 Å². The zero-order valence-electron chi connectivity index (χ0n) is 23.5. The number of alkyl halides is 2. The van der Waals surface area contributed by atoms with Crippen LogP contribution in [0, 0.1) is 0 Å². The normalized spacial score (nSPS) is 14.9. The summed E-state index contributed by atoms with van der Waals surface area (Å²) in [6.45, 7) is -1.15. The molecule has 7 rings (SSSR count). The van der Waals surface area contributed by atoms with Gasteiger partial charge in [-0.3, -0.25) is 14.7 Å². The Morgan fingerprint density at radius 2 is 1.75 bits per heavy atom. The molecule has 0 saturated carbocycles. The number of rotatable bonds is 7.